The van der Waals surface area contributed by atoms with Crippen LogP contribution in [0.1, 0.15) is 42.9 Å². The molecule has 0 spiro atoms. The third-order valence-corrected chi connectivity index (χ3v) is 5.88. The third kappa shape index (κ3) is 3.36. The van der Waals surface area contributed by atoms with E-state index in [4.69, 9.17) is 27.9 Å². The van der Waals surface area contributed by atoms with Gasteiger partial charge in [-0.05, 0) is 43.4 Å². The van der Waals surface area contributed by atoms with E-state index >= 15 is 0 Å². The standard InChI is InChI=1S/C21H19Cl2N5O/c1-11(19-17(22)8-24-9-18(19)23)29-14-5-15(12-3-4-12)21-16(6-14)20(26-27-21)13-7-25-28(2)10-13/h5-12H,3-4H2,1-2H3,(H,26,27)/t11-/m1/s1. The summed E-state index contributed by atoms with van der Waals surface area (Å²) in [6.45, 7) is 1.94. The molecule has 4 aromatic rings. The van der Waals surface area contributed by atoms with Gasteiger partial charge >= 0.3 is 0 Å². The number of hydrogen-bond donors (Lipinski definition) is 1. The molecule has 1 saturated carbocycles. The van der Waals surface area contributed by atoms with Gasteiger partial charge in [0.05, 0.1) is 21.8 Å². The smallest absolute Gasteiger partial charge is 0.124 e. The van der Waals surface area contributed by atoms with Gasteiger partial charge in [0.2, 0.25) is 0 Å². The first-order valence-corrected chi connectivity index (χ1v) is 10.2. The molecule has 1 aromatic carbocycles. The first-order chi connectivity index (χ1) is 14.0. The summed E-state index contributed by atoms with van der Waals surface area (Å²) < 4.78 is 8.07. The summed E-state index contributed by atoms with van der Waals surface area (Å²) in [6.07, 6.45) is 8.97. The molecule has 1 fully saturated rings. The molecule has 3 heterocycles. The van der Waals surface area contributed by atoms with E-state index < -0.39 is 0 Å². The number of aromatic nitrogens is 5. The van der Waals surface area contributed by atoms with Gasteiger partial charge in [-0.25, -0.2) is 0 Å². The Labute approximate surface area is 177 Å². The molecule has 6 nitrogen and oxygen atoms in total. The Bertz CT molecular complexity index is 1190. The highest BCUT2D eigenvalue weighted by Crippen LogP contribution is 2.46. The molecule has 3 aromatic heterocycles. The first kappa shape index (κ1) is 18.5. The van der Waals surface area contributed by atoms with Crippen LogP contribution in [0.5, 0.6) is 5.75 Å². The number of pyridine rings is 1. The van der Waals surface area contributed by atoms with Crippen molar-refractivity contribution in [3.8, 4) is 17.0 Å². The van der Waals surface area contributed by atoms with Gasteiger partial charge < -0.3 is 4.74 Å². The van der Waals surface area contributed by atoms with E-state index in [-0.39, 0.29) is 6.10 Å². The minimum Gasteiger partial charge on any atom is -0.486 e. The van der Waals surface area contributed by atoms with Crippen molar-refractivity contribution in [3.63, 3.8) is 0 Å². The van der Waals surface area contributed by atoms with Crippen LogP contribution in [0, 0.1) is 0 Å². The molecule has 148 valence electrons. The second-order valence-electron chi connectivity index (χ2n) is 7.46. The molecule has 0 aliphatic heterocycles. The van der Waals surface area contributed by atoms with Crippen molar-refractivity contribution in [2.45, 2.75) is 31.8 Å². The Morgan fingerprint density at radius 3 is 2.59 bits per heavy atom. The van der Waals surface area contributed by atoms with Crippen molar-refractivity contribution in [2.24, 2.45) is 7.05 Å². The van der Waals surface area contributed by atoms with Crippen molar-refractivity contribution in [1.29, 1.82) is 0 Å². The summed E-state index contributed by atoms with van der Waals surface area (Å²) in [5.41, 5.74) is 4.86. The molecule has 1 atom stereocenters. The van der Waals surface area contributed by atoms with Crippen molar-refractivity contribution in [1.82, 2.24) is 25.0 Å². The lowest BCUT2D eigenvalue weighted by Crippen LogP contribution is -2.05. The normalized spacial score (nSPS) is 15.0. The minimum atomic E-state index is -0.323. The largest absolute Gasteiger partial charge is 0.486 e. The Hall–Kier alpha value is -2.57. The van der Waals surface area contributed by atoms with Crippen molar-refractivity contribution in [2.75, 3.05) is 0 Å². The van der Waals surface area contributed by atoms with Crippen LogP contribution >= 0.6 is 23.2 Å². The van der Waals surface area contributed by atoms with E-state index in [0.29, 0.717) is 16.0 Å². The van der Waals surface area contributed by atoms with E-state index in [1.54, 1.807) is 17.1 Å². The number of ether oxygens (including phenoxy) is 1. The molecule has 1 N–H and O–H groups in total. The number of H-pyrrole nitrogens is 1. The highest BCUT2D eigenvalue weighted by molar-refractivity contribution is 6.35. The lowest BCUT2D eigenvalue weighted by atomic mass is 10.0. The average Bonchev–Trinajstić information content (AvgIpc) is 3.30. The monoisotopic (exact) mass is 427 g/mol. The van der Waals surface area contributed by atoms with Crippen LogP contribution in [0.4, 0.5) is 0 Å². The average molecular weight is 428 g/mol. The maximum atomic E-state index is 6.32. The Morgan fingerprint density at radius 1 is 1.17 bits per heavy atom. The first-order valence-electron chi connectivity index (χ1n) is 9.48. The second-order valence-corrected chi connectivity index (χ2v) is 8.28. The number of fused-ring (bicyclic) bond motifs is 1. The summed E-state index contributed by atoms with van der Waals surface area (Å²) in [5.74, 6) is 1.30. The highest BCUT2D eigenvalue weighted by Gasteiger charge is 2.28. The highest BCUT2D eigenvalue weighted by atomic mass is 35.5. The lowest BCUT2D eigenvalue weighted by molar-refractivity contribution is 0.227. The Kier molecular flexibility index (Phi) is 4.48. The zero-order valence-electron chi connectivity index (χ0n) is 16.0. The van der Waals surface area contributed by atoms with Gasteiger partial charge in [0.25, 0.3) is 0 Å². The van der Waals surface area contributed by atoms with E-state index in [1.165, 1.54) is 18.4 Å². The van der Waals surface area contributed by atoms with Gasteiger partial charge in [-0.3, -0.25) is 14.8 Å². The number of hydrogen-bond acceptors (Lipinski definition) is 4. The number of nitrogens with one attached hydrogen (secondary N) is 1. The number of aryl methyl sites for hydroxylation is 1. The van der Waals surface area contributed by atoms with Crippen LogP contribution in [0.3, 0.4) is 0 Å². The maximum Gasteiger partial charge on any atom is 0.124 e. The molecule has 8 heteroatoms. The minimum absolute atomic E-state index is 0.323. The topological polar surface area (TPSA) is 68.6 Å². The quantitative estimate of drug-likeness (QED) is 0.444. The van der Waals surface area contributed by atoms with E-state index in [2.05, 4.69) is 26.3 Å². The molecule has 29 heavy (non-hydrogen) atoms. The van der Waals surface area contributed by atoms with Gasteiger partial charge in [0.15, 0.2) is 0 Å². The second kappa shape index (κ2) is 7.04. The zero-order valence-corrected chi connectivity index (χ0v) is 17.5. The number of halogens is 2. The summed E-state index contributed by atoms with van der Waals surface area (Å²) in [4.78, 5) is 4.02. The SMILES string of the molecule is C[C@@H](Oc1cc(C2CC2)c2[nH]nc(-c3cnn(C)c3)c2c1)c1c(Cl)cncc1Cl. The molecule has 0 bridgehead atoms. The number of rotatable bonds is 5. The molecular weight excluding hydrogens is 409 g/mol. The van der Waals surface area contributed by atoms with Gasteiger partial charge in [-0.15, -0.1) is 0 Å². The number of aromatic amines is 1. The molecular formula is C21H19Cl2N5O. The zero-order chi connectivity index (χ0) is 20.1. The summed E-state index contributed by atoms with van der Waals surface area (Å²) in [6, 6.07) is 4.12. The van der Waals surface area contributed by atoms with E-state index in [0.717, 1.165) is 33.5 Å². The van der Waals surface area contributed by atoms with E-state index in [1.807, 2.05) is 32.4 Å². The Balaban J connectivity index is 1.59. The van der Waals surface area contributed by atoms with Crippen molar-refractivity contribution >= 4 is 34.1 Å². The maximum absolute atomic E-state index is 6.32. The van der Waals surface area contributed by atoms with Gasteiger partial charge in [0.1, 0.15) is 17.5 Å². The molecule has 5 rings (SSSR count). The van der Waals surface area contributed by atoms with Gasteiger partial charge in [-0.1, -0.05) is 23.2 Å². The van der Waals surface area contributed by atoms with E-state index in [9.17, 15) is 0 Å². The van der Waals surface area contributed by atoms with Crippen LogP contribution in [-0.4, -0.2) is 25.0 Å². The number of benzene rings is 1. The molecule has 0 amide bonds. The van der Waals surface area contributed by atoms with Crippen LogP contribution in [-0.2, 0) is 7.05 Å². The molecule has 0 radical (unpaired) electrons. The molecule has 0 saturated heterocycles. The van der Waals surface area contributed by atoms with Gasteiger partial charge in [-0.2, -0.15) is 10.2 Å². The fraction of sp³-hybridized carbons (Fsp3) is 0.286. The molecule has 0 unspecified atom stereocenters. The summed E-state index contributed by atoms with van der Waals surface area (Å²) in [7, 11) is 1.90. The predicted molar refractivity (Wildman–Crippen MR) is 114 cm³/mol. The third-order valence-electron chi connectivity index (χ3n) is 5.28. The molecule has 1 aliphatic carbocycles. The Morgan fingerprint density at radius 2 is 1.93 bits per heavy atom. The number of nitrogens with zero attached hydrogens (tertiary/aromatic N) is 4. The predicted octanol–water partition coefficient (Wildman–Crippen LogP) is 5.68. The van der Waals surface area contributed by atoms with Crippen LogP contribution < -0.4 is 4.74 Å². The van der Waals surface area contributed by atoms with Crippen LogP contribution in [0.2, 0.25) is 10.0 Å². The van der Waals surface area contributed by atoms with Crippen molar-refractivity contribution in [3.05, 3.63) is 58.1 Å². The summed E-state index contributed by atoms with van der Waals surface area (Å²) in [5, 5.41) is 14.1. The van der Waals surface area contributed by atoms with Crippen molar-refractivity contribution < 1.29 is 4.74 Å². The summed E-state index contributed by atoms with van der Waals surface area (Å²) >= 11 is 12.6. The lowest BCUT2D eigenvalue weighted by Gasteiger charge is -2.18. The molecule has 1 aliphatic rings. The van der Waals surface area contributed by atoms with Gasteiger partial charge in [0, 0.05) is 42.2 Å². The van der Waals surface area contributed by atoms with Crippen LogP contribution in [0.15, 0.2) is 36.9 Å². The van der Waals surface area contributed by atoms with Crippen LogP contribution in [0.25, 0.3) is 22.2 Å². The fourth-order valence-electron chi connectivity index (χ4n) is 3.74. The fourth-order valence-corrected chi connectivity index (χ4v) is 4.41.